The second kappa shape index (κ2) is 11.0. The van der Waals surface area contributed by atoms with Gasteiger partial charge in [0.1, 0.15) is 18.2 Å². The number of amides is 1. The number of hydrogen-bond acceptors (Lipinski definition) is 7. The average molecular weight is 464 g/mol. The normalized spacial score (nSPS) is 20.4. The molecular weight excluding hydrogens is 434 g/mol. The number of ether oxygens (including phenoxy) is 1. The van der Waals surface area contributed by atoms with Crippen LogP contribution in [0.2, 0.25) is 0 Å². The number of nitriles is 1. The second-order valence-corrected chi connectivity index (χ2v) is 8.73. The third kappa shape index (κ3) is 5.83. The van der Waals surface area contributed by atoms with Crippen molar-refractivity contribution in [3.63, 3.8) is 0 Å². The van der Waals surface area contributed by atoms with Crippen molar-refractivity contribution in [2.45, 2.75) is 37.8 Å². The molecule has 2 aromatic rings. The molecule has 1 saturated carbocycles. The highest BCUT2D eigenvalue weighted by Gasteiger charge is 2.25. The minimum Gasteiger partial charge on any atom is -0.382 e. The minimum absolute atomic E-state index is 0.0443. The predicted molar refractivity (Wildman–Crippen MR) is 129 cm³/mol. The molecule has 1 heterocycles. The van der Waals surface area contributed by atoms with E-state index in [0.29, 0.717) is 18.8 Å². The molecule has 0 atom stereocenters. The highest BCUT2D eigenvalue weighted by Crippen LogP contribution is 2.27. The summed E-state index contributed by atoms with van der Waals surface area (Å²) in [7, 11) is 0. The number of rotatable bonds is 7. The Bertz CT molecular complexity index is 1040. The van der Waals surface area contributed by atoms with Crippen LogP contribution < -0.4 is 10.2 Å². The number of nitrogens with zero attached hydrogens (tertiary/aromatic N) is 4. The fourth-order valence-corrected chi connectivity index (χ4v) is 4.62. The Morgan fingerprint density at radius 2 is 1.79 bits per heavy atom. The number of para-hydroxylation sites is 1. The quantitative estimate of drug-likeness (QED) is 0.494. The summed E-state index contributed by atoms with van der Waals surface area (Å²) in [6.07, 6.45) is 3.47. The summed E-state index contributed by atoms with van der Waals surface area (Å²) in [6.45, 7) is 3.16. The van der Waals surface area contributed by atoms with E-state index in [1.54, 1.807) is 6.07 Å². The van der Waals surface area contributed by atoms with Gasteiger partial charge in [-0.05, 0) is 49.9 Å². The number of nitrogens with one attached hydrogen (secondary N) is 1. The molecule has 4 rings (SSSR count). The molecule has 0 spiro atoms. The summed E-state index contributed by atoms with van der Waals surface area (Å²) in [5, 5.41) is 23.5. The number of hydrogen-bond donors (Lipinski definition) is 1. The van der Waals surface area contributed by atoms with E-state index in [1.807, 2.05) is 29.2 Å². The molecule has 1 N–H and O–H groups in total. The first-order valence-electron chi connectivity index (χ1n) is 11.7. The SMILES string of the molecule is N#Cc1cc(N[C@H]2CC[C@H](OCC(=O)N3CCN(c4ccccc4)CC3)CC2)ccc1[N+](=O)[O-]. The lowest BCUT2D eigenvalue weighted by Crippen LogP contribution is -2.50. The Hall–Kier alpha value is -3.64. The smallest absolute Gasteiger partial charge is 0.287 e. The van der Waals surface area contributed by atoms with E-state index < -0.39 is 4.92 Å². The molecule has 9 nitrogen and oxygen atoms in total. The number of carbonyl (C=O) groups is 1. The van der Waals surface area contributed by atoms with Crippen molar-refractivity contribution in [1.29, 1.82) is 5.26 Å². The van der Waals surface area contributed by atoms with E-state index in [2.05, 4.69) is 22.3 Å². The van der Waals surface area contributed by atoms with E-state index in [9.17, 15) is 14.9 Å². The van der Waals surface area contributed by atoms with E-state index in [1.165, 1.54) is 17.8 Å². The predicted octanol–water partition coefficient (Wildman–Crippen LogP) is 3.55. The topological polar surface area (TPSA) is 112 Å². The van der Waals surface area contributed by atoms with Crippen molar-refractivity contribution in [3.8, 4) is 6.07 Å². The largest absolute Gasteiger partial charge is 0.382 e. The summed E-state index contributed by atoms with van der Waals surface area (Å²) >= 11 is 0. The van der Waals surface area contributed by atoms with Gasteiger partial charge in [0.2, 0.25) is 5.91 Å². The fraction of sp³-hybridized carbons (Fsp3) is 0.440. The van der Waals surface area contributed by atoms with Gasteiger partial charge < -0.3 is 19.9 Å². The Kier molecular flexibility index (Phi) is 7.60. The van der Waals surface area contributed by atoms with Crippen molar-refractivity contribution in [3.05, 3.63) is 64.2 Å². The van der Waals surface area contributed by atoms with Crippen LogP contribution in [0.3, 0.4) is 0 Å². The van der Waals surface area contributed by atoms with E-state index in [-0.39, 0.29) is 35.9 Å². The van der Waals surface area contributed by atoms with Gasteiger partial charge in [0.25, 0.3) is 5.69 Å². The average Bonchev–Trinajstić information content (AvgIpc) is 2.88. The molecule has 0 unspecified atom stereocenters. The van der Waals surface area contributed by atoms with Crippen LogP contribution in [0, 0.1) is 21.4 Å². The molecule has 178 valence electrons. The van der Waals surface area contributed by atoms with E-state index in [0.717, 1.165) is 38.8 Å². The highest BCUT2D eigenvalue weighted by molar-refractivity contribution is 5.77. The Balaban J connectivity index is 1.17. The van der Waals surface area contributed by atoms with Crippen molar-refractivity contribution in [2.24, 2.45) is 0 Å². The van der Waals surface area contributed by atoms with Gasteiger partial charge in [-0.1, -0.05) is 18.2 Å². The van der Waals surface area contributed by atoms with Crippen LogP contribution in [0.5, 0.6) is 0 Å². The Labute approximate surface area is 199 Å². The number of nitro benzene ring substituents is 1. The maximum atomic E-state index is 12.6. The number of benzene rings is 2. The van der Waals surface area contributed by atoms with Crippen LogP contribution in [0.25, 0.3) is 0 Å². The zero-order valence-corrected chi connectivity index (χ0v) is 19.1. The zero-order chi connectivity index (χ0) is 23.9. The molecule has 1 amide bonds. The van der Waals surface area contributed by atoms with Crippen LogP contribution in [0.4, 0.5) is 17.1 Å². The third-order valence-electron chi connectivity index (χ3n) is 6.55. The van der Waals surface area contributed by atoms with E-state index >= 15 is 0 Å². The van der Waals surface area contributed by atoms with Gasteiger partial charge in [0.05, 0.1) is 11.0 Å². The molecule has 2 fully saturated rings. The molecule has 1 aliphatic heterocycles. The van der Waals surface area contributed by atoms with Gasteiger partial charge in [-0.2, -0.15) is 5.26 Å². The molecule has 1 saturated heterocycles. The molecule has 2 aromatic carbocycles. The fourth-order valence-electron chi connectivity index (χ4n) is 4.62. The van der Waals surface area contributed by atoms with Crippen LogP contribution in [0.15, 0.2) is 48.5 Å². The Morgan fingerprint density at radius 1 is 1.09 bits per heavy atom. The number of nitro groups is 1. The molecule has 34 heavy (non-hydrogen) atoms. The standard InChI is InChI=1S/C25H29N5O4/c26-17-19-16-21(8-11-24(19)30(32)33)27-20-6-9-23(10-7-20)34-18-25(31)29-14-12-28(13-15-29)22-4-2-1-3-5-22/h1-5,8,11,16,20,23,27H,6-7,9-10,12-15,18H2/t20-,23-. The number of piperazine rings is 1. The molecule has 0 aromatic heterocycles. The van der Waals surface area contributed by atoms with Crippen molar-refractivity contribution in [1.82, 2.24) is 4.90 Å². The van der Waals surface area contributed by atoms with Gasteiger partial charge in [0.15, 0.2) is 0 Å². The maximum Gasteiger partial charge on any atom is 0.287 e. The summed E-state index contributed by atoms with van der Waals surface area (Å²) in [4.78, 5) is 27.2. The van der Waals surface area contributed by atoms with Gasteiger partial charge in [0, 0.05) is 49.7 Å². The van der Waals surface area contributed by atoms with Gasteiger partial charge in [-0.25, -0.2) is 0 Å². The first-order chi connectivity index (χ1) is 16.5. The van der Waals surface area contributed by atoms with Crippen molar-refractivity contribution in [2.75, 3.05) is 43.0 Å². The zero-order valence-electron chi connectivity index (χ0n) is 19.1. The van der Waals surface area contributed by atoms with Gasteiger partial charge in [-0.3, -0.25) is 14.9 Å². The van der Waals surface area contributed by atoms with Gasteiger partial charge >= 0.3 is 0 Å². The molecule has 0 radical (unpaired) electrons. The summed E-state index contributed by atoms with van der Waals surface area (Å²) < 4.78 is 5.94. The monoisotopic (exact) mass is 463 g/mol. The van der Waals surface area contributed by atoms with Crippen LogP contribution in [-0.4, -0.2) is 60.7 Å². The Morgan fingerprint density at radius 3 is 2.44 bits per heavy atom. The maximum absolute atomic E-state index is 12.6. The highest BCUT2D eigenvalue weighted by atomic mass is 16.6. The first-order valence-corrected chi connectivity index (χ1v) is 11.7. The summed E-state index contributed by atoms with van der Waals surface area (Å²) in [5.74, 6) is 0.0443. The first kappa shape index (κ1) is 23.5. The lowest BCUT2D eigenvalue weighted by Gasteiger charge is -2.36. The van der Waals surface area contributed by atoms with Crippen LogP contribution in [0.1, 0.15) is 31.2 Å². The molecule has 2 aliphatic rings. The number of anilines is 2. The summed E-state index contributed by atoms with van der Waals surface area (Å²) in [6, 6.07) is 16.9. The lowest BCUT2D eigenvalue weighted by atomic mass is 9.92. The second-order valence-electron chi connectivity index (χ2n) is 8.73. The molecule has 1 aliphatic carbocycles. The molecule has 9 heteroatoms. The van der Waals surface area contributed by atoms with Gasteiger partial charge in [-0.15, -0.1) is 0 Å². The molecule has 0 bridgehead atoms. The lowest BCUT2D eigenvalue weighted by molar-refractivity contribution is -0.385. The van der Waals surface area contributed by atoms with Crippen LogP contribution in [-0.2, 0) is 9.53 Å². The van der Waals surface area contributed by atoms with E-state index in [4.69, 9.17) is 10.00 Å². The van der Waals surface area contributed by atoms with Crippen LogP contribution >= 0.6 is 0 Å². The number of carbonyl (C=O) groups excluding carboxylic acids is 1. The molecular formula is C25H29N5O4. The van der Waals surface area contributed by atoms with Crippen molar-refractivity contribution < 1.29 is 14.5 Å². The third-order valence-corrected chi connectivity index (χ3v) is 6.55. The summed E-state index contributed by atoms with van der Waals surface area (Å²) in [5.41, 5.74) is 1.76. The minimum atomic E-state index is -0.546. The van der Waals surface area contributed by atoms with Crippen molar-refractivity contribution >= 4 is 23.0 Å².